The Kier molecular flexibility index (Phi) is 4.31. The quantitative estimate of drug-likeness (QED) is 0.802. The van der Waals surface area contributed by atoms with Crippen LogP contribution in [0, 0.1) is 5.82 Å². The second-order valence-electron chi connectivity index (χ2n) is 3.93. The van der Waals surface area contributed by atoms with E-state index in [0.29, 0.717) is 10.5 Å². The molecule has 2 rings (SSSR count). The zero-order valence-electron chi connectivity index (χ0n) is 10.6. The molecule has 0 amide bonds. The van der Waals surface area contributed by atoms with Gasteiger partial charge < -0.3 is 10.6 Å². The Balaban J connectivity index is 2.45. The van der Waals surface area contributed by atoms with Gasteiger partial charge in [-0.1, -0.05) is 6.07 Å². The van der Waals surface area contributed by atoms with Crippen LogP contribution in [0.15, 0.2) is 28.7 Å². The SMILES string of the molecule is CNc1nc(Nc2c(F)cccc2Br)cc(C(F)(F)F)n1. The number of nitrogens with one attached hydrogen (secondary N) is 2. The van der Waals surface area contributed by atoms with Gasteiger partial charge in [-0.2, -0.15) is 18.2 Å². The van der Waals surface area contributed by atoms with E-state index in [1.54, 1.807) is 6.07 Å². The number of hydrogen-bond acceptors (Lipinski definition) is 4. The van der Waals surface area contributed by atoms with Crippen molar-refractivity contribution in [2.75, 3.05) is 17.7 Å². The van der Waals surface area contributed by atoms with E-state index in [1.165, 1.54) is 19.2 Å². The Bertz CT molecular complexity index is 640. The summed E-state index contributed by atoms with van der Waals surface area (Å²) in [5.41, 5.74) is -1.14. The number of aromatic nitrogens is 2. The van der Waals surface area contributed by atoms with Crippen molar-refractivity contribution in [3.63, 3.8) is 0 Å². The van der Waals surface area contributed by atoms with Crippen LogP contribution >= 0.6 is 15.9 Å². The van der Waals surface area contributed by atoms with Crippen molar-refractivity contribution in [1.82, 2.24) is 9.97 Å². The van der Waals surface area contributed by atoms with E-state index in [-0.39, 0.29) is 17.5 Å². The normalized spacial score (nSPS) is 11.3. The third-order valence-electron chi connectivity index (χ3n) is 2.46. The van der Waals surface area contributed by atoms with Crippen molar-refractivity contribution in [1.29, 1.82) is 0 Å². The molecule has 0 atom stereocenters. The minimum absolute atomic E-state index is 0.00798. The fraction of sp³-hybridized carbons (Fsp3) is 0.167. The highest BCUT2D eigenvalue weighted by Crippen LogP contribution is 2.32. The van der Waals surface area contributed by atoms with E-state index in [0.717, 1.165) is 0 Å². The monoisotopic (exact) mass is 364 g/mol. The molecule has 0 aliphatic heterocycles. The molecule has 2 aromatic rings. The first-order valence-electron chi connectivity index (χ1n) is 5.66. The molecule has 0 spiro atoms. The number of rotatable bonds is 3. The first kappa shape index (κ1) is 15.5. The van der Waals surface area contributed by atoms with Crippen LogP contribution < -0.4 is 10.6 Å². The molecule has 21 heavy (non-hydrogen) atoms. The predicted molar refractivity (Wildman–Crippen MR) is 74.0 cm³/mol. The third-order valence-corrected chi connectivity index (χ3v) is 3.12. The molecule has 2 N–H and O–H groups in total. The summed E-state index contributed by atoms with van der Waals surface area (Å²) in [5.74, 6) is -1.02. The molecule has 4 nitrogen and oxygen atoms in total. The second-order valence-corrected chi connectivity index (χ2v) is 4.79. The van der Waals surface area contributed by atoms with E-state index >= 15 is 0 Å². The smallest absolute Gasteiger partial charge is 0.357 e. The molecule has 0 aliphatic carbocycles. The van der Waals surface area contributed by atoms with Crippen LogP contribution in [-0.2, 0) is 6.18 Å². The maximum atomic E-state index is 13.7. The Hall–Kier alpha value is -1.90. The van der Waals surface area contributed by atoms with Gasteiger partial charge in [0.25, 0.3) is 0 Å². The van der Waals surface area contributed by atoms with Crippen LogP contribution in [0.2, 0.25) is 0 Å². The standard InChI is InChI=1S/C12H9BrF4N4/c1-18-11-19-8(12(15,16)17)5-9(21-11)20-10-6(13)3-2-4-7(10)14/h2-5H,1H3,(H2,18,19,20,21). The molecule has 0 aliphatic rings. The summed E-state index contributed by atoms with van der Waals surface area (Å²) in [4.78, 5) is 7.14. The summed E-state index contributed by atoms with van der Waals surface area (Å²) in [6.45, 7) is 0. The number of benzene rings is 1. The van der Waals surface area contributed by atoms with Crippen LogP contribution in [-0.4, -0.2) is 17.0 Å². The second kappa shape index (κ2) is 5.84. The lowest BCUT2D eigenvalue weighted by Gasteiger charge is -2.12. The van der Waals surface area contributed by atoms with Crippen LogP contribution in [0.5, 0.6) is 0 Å². The molecule has 1 aromatic heterocycles. The predicted octanol–water partition coefficient (Wildman–Crippen LogP) is 4.18. The molecular formula is C12H9BrF4N4. The van der Waals surface area contributed by atoms with Crippen LogP contribution in [0.25, 0.3) is 0 Å². The molecule has 0 saturated carbocycles. The van der Waals surface area contributed by atoms with Crippen molar-refractivity contribution in [2.24, 2.45) is 0 Å². The minimum Gasteiger partial charge on any atom is -0.357 e. The van der Waals surface area contributed by atoms with Gasteiger partial charge in [0, 0.05) is 17.6 Å². The van der Waals surface area contributed by atoms with Crippen LogP contribution in [0.1, 0.15) is 5.69 Å². The molecule has 0 bridgehead atoms. The molecule has 112 valence electrons. The molecule has 9 heteroatoms. The Labute approximate surface area is 125 Å². The van der Waals surface area contributed by atoms with Gasteiger partial charge in [0.2, 0.25) is 5.95 Å². The molecule has 0 unspecified atom stereocenters. The number of anilines is 3. The van der Waals surface area contributed by atoms with Gasteiger partial charge in [-0.15, -0.1) is 0 Å². The topological polar surface area (TPSA) is 49.8 Å². The van der Waals surface area contributed by atoms with Crippen LogP contribution in [0.3, 0.4) is 0 Å². The number of halogens is 5. The largest absolute Gasteiger partial charge is 0.433 e. The number of hydrogen-bond donors (Lipinski definition) is 2. The van der Waals surface area contributed by atoms with E-state index in [2.05, 4.69) is 36.5 Å². The van der Waals surface area contributed by atoms with E-state index < -0.39 is 17.7 Å². The Morgan fingerprint density at radius 1 is 1.19 bits per heavy atom. The molecular weight excluding hydrogens is 356 g/mol. The van der Waals surface area contributed by atoms with Crippen molar-refractivity contribution in [2.45, 2.75) is 6.18 Å². The highest BCUT2D eigenvalue weighted by molar-refractivity contribution is 9.10. The van der Waals surface area contributed by atoms with Gasteiger partial charge in [0.15, 0.2) is 5.69 Å². The summed E-state index contributed by atoms with van der Waals surface area (Å²) in [5, 5.41) is 4.94. The summed E-state index contributed by atoms with van der Waals surface area (Å²) >= 11 is 3.11. The van der Waals surface area contributed by atoms with Gasteiger partial charge in [-0.3, -0.25) is 0 Å². The fourth-order valence-electron chi connectivity index (χ4n) is 1.51. The Morgan fingerprint density at radius 2 is 1.90 bits per heavy atom. The van der Waals surface area contributed by atoms with Crippen molar-refractivity contribution in [3.05, 3.63) is 40.2 Å². The summed E-state index contributed by atoms with van der Waals surface area (Å²) < 4.78 is 52.3. The average molecular weight is 365 g/mol. The third kappa shape index (κ3) is 3.60. The maximum absolute atomic E-state index is 13.7. The number of nitrogens with zero attached hydrogens (tertiary/aromatic N) is 2. The lowest BCUT2D eigenvalue weighted by Crippen LogP contribution is -2.12. The molecule has 1 aromatic carbocycles. The van der Waals surface area contributed by atoms with Gasteiger partial charge in [-0.05, 0) is 28.1 Å². The maximum Gasteiger partial charge on any atom is 0.433 e. The summed E-state index contributed by atoms with van der Waals surface area (Å²) in [6, 6.07) is 4.90. The minimum atomic E-state index is -4.63. The fourth-order valence-corrected chi connectivity index (χ4v) is 1.95. The molecule has 1 heterocycles. The highest BCUT2D eigenvalue weighted by atomic mass is 79.9. The van der Waals surface area contributed by atoms with Gasteiger partial charge >= 0.3 is 6.18 Å². The van der Waals surface area contributed by atoms with E-state index in [4.69, 9.17) is 0 Å². The van der Waals surface area contributed by atoms with Crippen molar-refractivity contribution in [3.8, 4) is 0 Å². The van der Waals surface area contributed by atoms with Crippen molar-refractivity contribution >= 4 is 33.4 Å². The van der Waals surface area contributed by atoms with Gasteiger partial charge in [-0.25, -0.2) is 9.37 Å². The lowest BCUT2D eigenvalue weighted by molar-refractivity contribution is -0.141. The average Bonchev–Trinajstić information content (AvgIpc) is 2.42. The summed E-state index contributed by atoms with van der Waals surface area (Å²) in [6.07, 6.45) is -4.63. The number of alkyl halides is 3. The zero-order valence-corrected chi connectivity index (χ0v) is 12.2. The lowest BCUT2D eigenvalue weighted by atomic mass is 10.3. The van der Waals surface area contributed by atoms with Crippen molar-refractivity contribution < 1.29 is 17.6 Å². The molecule has 0 radical (unpaired) electrons. The molecule has 0 saturated heterocycles. The van der Waals surface area contributed by atoms with Gasteiger partial charge in [0.1, 0.15) is 11.6 Å². The van der Waals surface area contributed by atoms with E-state index in [9.17, 15) is 17.6 Å². The molecule has 0 fully saturated rings. The number of para-hydroxylation sites is 1. The Morgan fingerprint density at radius 3 is 2.48 bits per heavy atom. The zero-order chi connectivity index (χ0) is 15.6. The highest BCUT2D eigenvalue weighted by Gasteiger charge is 2.33. The van der Waals surface area contributed by atoms with Crippen LogP contribution in [0.4, 0.5) is 35.0 Å². The van der Waals surface area contributed by atoms with E-state index in [1.807, 2.05) is 0 Å². The first-order chi connectivity index (χ1) is 9.81. The van der Waals surface area contributed by atoms with Gasteiger partial charge in [0.05, 0.1) is 5.69 Å². The summed E-state index contributed by atoms with van der Waals surface area (Å²) in [7, 11) is 1.39. The first-order valence-corrected chi connectivity index (χ1v) is 6.45.